The smallest absolute Gasteiger partial charge is 0.183 e. The molecular weight excluding hydrogens is 168 g/mol. The lowest BCUT2D eigenvalue weighted by molar-refractivity contribution is 0.729. The lowest BCUT2D eigenvalue weighted by atomic mass is 10.5. The fourth-order valence-corrected chi connectivity index (χ4v) is 1.15. The lowest BCUT2D eigenvalue weighted by Crippen LogP contribution is -2.01. The summed E-state index contributed by atoms with van der Waals surface area (Å²) in [6.45, 7) is 2.81. The average Bonchev–Trinajstić information content (AvgIpc) is 2.50. The third-order valence-electron chi connectivity index (χ3n) is 1.73. The summed E-state index contributed by atoms with van der Waals surface area (Å²) in [4.78, 5) is 8.14. The van der Waals surface area contributed by atoms with Crippen molar-refractivity contribution < 1.29 is 0 Å². The highest BCUT2D eigenvalue weighted by Gasteiger charge is 2.07. The van der Waals surface area contributed by atoms with Crippen LogP contribution >= 0.6 is 0 Å². The van der Waals surface area contributed by atoms with Crippen molar-refractivity contribution in [2.45, 2.75) is 6.92 Å². The molecule has 0 aromatic carbocycles. The van der Waals surface area contributed by atoms with Gasteiger partial charge in [0.25, 0.3) is 0 Å². The summed E-state index contributed by atoms with van der Waals surface area (Å²) in [5, 5.41) is 10.9. The van der Waals surface area contributed by atoms with E-state index in [1.54, 1.807) is 11.7 Å². The van der Waals surface area contributed by atoms with Gasteiger partial charge in [-0.05, 0) is 6.92 Å². The molecular formula is C7H10N6. The molecule has 0 bridgehead atoms. The molecule has 0 aliphatic heterocycles. The Morgan fingerprint density at radius 3 is 3.08 bits per heavy atom. The molecule has 0 aliphatic carbocycles. The number of aromatic nitrogens is 5. The average molecular weight is 178 g/mol. The predicted octanol–water partition coefficient (Wildman–Crippen LogP) is 0.190. The summed E-state index contributed by atoms with van der Waals surface area (Å²) in [6, 6.07) is 0. The maximum absolute atomic E-state index is 4.07. The zero-order valence-electron chi connectivity index (χ0n) is 7.52. The topological polar surface area (TPSA) is 68.5 Å². The standard InChI is InChI=1S/C7H10N6/c1-3-8-6-5-7(10-4-9-6)13(2)12-11-5/h4H,3H2,1-2H3,(H,8,9,10). The Labute approximate surface area is 75.0 Å². The molecule has 0 spiro atoms. The van der Waals surface area contributed by atoms with Crippen LogP contribution in [0.15, 0.2) is 6.33 Å². The number of rotatable bonds is 2. The van der Waals surface area contributed by atoms with Crippen LogP contribution in [-0.2, 0) is 7.05 Å². The minimum absolute atomic E-state index is 0.715. The predicted molar refractivity (Wildman–Crippen MR) is 48.3 cm³/mol. The largest absolute Gasteiger partial charge is 0.368 e. The van der Waals surface area contributed by atoms with Gasteiger partial charge in [-0.3, -0.25) is 0 Å². The van der Waals surface area contributed by atoms with Crippen molar-refractivity contribution in [1.82, 2.24) is 25.0 Å². The summed E-state index contributed by atoms with van der Waals surface area (Å²) in [7, 11) is 1.80. The van der Waals surface area contributed by atoms with Crippen molar-refractivity contribution in [2.24, 2.45) is 7.05 Å². The van der Waals surface area contributed by atoms with Crippen LogP contribution in [0, 0.1) is 0 Å². The van der Waals surface area contributed by atoms with E-state index in [1.165, 1.54) is 6.33 Å². The normalized spacial score (nSPS) is 10.6. The molecule has 6 heteroatoms. The van der Waals surface area contributed by atoms with Gasteiger partial charge in [0.05, 0.1) is 0 Å². The van der Waals surface area contributed by atoms with Crippen LogP contribution in [0.4, 0.5) is 5.82 Å². The zero-order valence-corrected chi connectivity index (χ0v) is 7.52. The highest BCUT2D eigenvalue weighted by molar-refractivity contribution is 5.81. The first-order valence-corrected chi connectivity index (χ1v) is 4.07. The molecule has 2 rings (SSSR count). The number of hydrogen-bond acceptors (Lipinski definition) is 5. The van der Waals surface area contributed by atoms with Crippen molar-refractivity contribution in [3.8, 4) is 0 Å². The summed E-state index contributed by atoms with van der Waals surface area (Å²) in [6.07, 6.45) is 1.50. The van der Waals surface area contributed by atoms with E-state index in [0.29, 0.717) is 5.52 Å². The fraction of sp³-hybridized carbons (Fsp3) is 0.429. The monoisotopic (exact) mass is 178 g/mol. The molecule has 13 heavy (non-hydrogen) atoms. The van der Waals surface area contributed by atoms with Crippen molar-refractivity contribution in [3.63, 3.8) is 0 Å². The van der Waals surface area contributed by atoms with Gasteiger partial charge >= 0.3 is 0 Å². The van der Waals surface area contributed by atoms with E-state index in [-0.39, 0.29) is 0 Å². The molecule has 1 N–H and O–H groups in total. The molecule has 6 nitrogen and oxygen atoms in total. The van der Waals surface area contributed by atoms with Crippen LogP contribution in [0.2, 0.25) is 0 Å². The number of anilines is 1. The van der Waals surface area contributed by atoms with Gasteiger partial charge in [0.15, 0.2) is 17.0 Å². The maximum Gasteiger partial charge on any atom is 0.183 e. The van der Waals surface area contributed by atoms with Gasteiger partial charge in [-0.2, -0.15) is 0 Å². The van der Waals surface area contributed by atoms with Crippen LogP contribution < -0.4 is 5.32 Å². The first-order valence-electron chi connectivity index (χ1n) is 4.07. The minimum atomic E-state index is 0.715. The highest BCUT2D eigenvalue weighted by atomic mass is 15.4. The molecule has 0 radical (unpaired) electrons. The molecule has 0 saturated heterocycles. The number of hydrogen-bond donors (Lipinski definition) is 1. The van der Waals surface area contributed by atoms with Gasteiger partial charge in [-0.1, -0.05) is 5.21 Å². The Hall–Kier alpha value is -1.72. The van der Waals surface area contributed by atoms with E-state index in [0.717, 1.165) is 18.0 Å². The van der Waals surface area contributed by atoms with E-state index < -0.39 is 0 Å². The van der Waals surface area contributed by atoms with Crippen LogP contribution in [0.3, 0.4) is 0 Å². The van der Waals surface area contributed by atoms with Gasteiger partial charge in [0, 0.05) is 13.6 Å². The summed E-state index contributed by atoms with van der Waals surface area (Å²) < 4.78 is 1.62. The third kappa shape index (κ3) is 1.20. The van der Waals surface area contributed by atoms with Gasteiger partial charge in [0.2, 0.25) is 0 Å². The molecule has 68 valence electrons. The van der Waals surface area contributed by atoms with Crippen molar-refractivity contribution in [1.29, 1.82) is 0 Å². The quantitative estimate of drug-likeness (QED) is 0.711. The molecule has 2 aromatic rings. The van der Waals surface area contributed by atoms with Crippen LogP contribution in [0.25, 0.3) is 11.2 Å². The molecule has 0 fully saturated rings. The summed E-state index contributed by atoms with van der Waals surface area (Å²) in [5.74, 6) is 0.737. The van der Waals surface area contributed by atoms with Crippen molar-refractivity contribution in [3.05, 3.63) is 6.33 Å². The van der Waals surface area contributed by atoms with Crippen LogP contribution in [0.1, 0.15) is 6.92 Å². The Morgan fingerprint density at radius 2 is 2.31 bits per heavy atom. The van der Waals surface area contributed by atoms with Gasteiger partial charge in [-0.25, -0.2) is 14.6 Å². The highest BCUT2D eigenvalue weighted by Crippen LogP contribution is 2.13. The van der Waals surface area contributed by atoms with Crippen molar-refractivity contribution in [2.75, 3.05) is 11.9 Å². The third-order valence-corrected chi connectivity index (χ3v) is 1.73. The number of nitrogens with zero attached hydrogens (tertiary/aromatic N) is 5. The van der Waals surface area contributed by atoms with Gasteiger partial charge in [0.1, 0.15) is 6.33 Å². The number of aryl methyl sites for hydroxylation is 1. The molecule has 2 heterocycles. The van der Waals surface area contributed by atoms with E-state index >= 15 is 0 Å². The van der Waals surface area contributed by atoms with E-state index in [2.05, 4.69) is 25.6 Å². The summed E-state index contributed by atoms with van der Waals surface area (Å²) in [5.41, 5.74) is 1.46. The molecule has 0 aliphatic rings. The SMILES string of the molecule is CCNc1ncnc2c1nnn2C. The molecule has 0 saturated carbocycles. The first-order chi connectivity index (χ1) is 6.33. The molecule has 2 aromatic heterocycles. The van der Waals surface area contributed by atoms with E-state index in [1.807, 2.05) is 6.92 Å². The maximum atomic E-state index is 4.07. The lowest BCUT2D eigenvalue weighted by Gasteiger charge is -2.00. The summed E-state index contributed by atoms with van der Waals surface area (Å²) >= 11 is 0. The molecule has 0 atom stereocenters. The van der Waals surface area contributed by atoms with E-state index in [4.69, 9.17) is 0 Å². The second-order valence-electron chi connectivity index (χ2n) is 2.64. The first kappa shape index (κ1) is 7.90. The van der Waals surface area contributed by atoms with Gasteiger partial charge < -0.3 is 5.32 Å². The Bertz CT molecular complexity index is 420. The van der Waals surface area contributed by atoms with Crippen LogP contribution in [0.5, 0.6) is 0 Å². The van der Waals surface area contributed by atoms with E-state index in [9.17, 15) is 0 Å². The minimum Gasteiger partial charge on any atom is -0.368 e. The molecule has 0 unspecified atom stereocenters. The zero-order chi connectivity index (χ0) is 9.26. The second-order valence-corrected chi connectivity index (χ2v) is 2.64. The van der Waals surface area contributed by atoms with Gasteiger partial charge in [-0.15, -0.1) is 5.10 Å². The fourth-order valence-electron chi connectivity index (χ4n) is 1.15. The Morgan fingerprint density at radius 1 is 1.46 bits per heavy atom. The Balaban J connectivity index is 2.63. The number of fused-ring (bicyclic) bond motifs is 1. The Kier molecular flexibility index (Phi) is 1.80. The van der Waals surface area contributed by atoms with Crippen molar-refractivity contribution >= 4 is 17.0 Å². The van der Waals surface area contributed by atoms with Crippen LogP contribution in [-0.4, -0.2) is 31.5 Å². The number of nitrogens with one attached hydrogen (secondary N) is 1. The molecule has 0 amide bonds. The second kappa shape index (κ2) is 2.96.